The zero-order valence-electron chi connectivity index (χ0n) is 15.3. The van der Waals surface area contributed by atoms with Gasteiger partial charge in [0.25, 0.3) is 5.91 Å². The van der Waals surface area contributed by atoms with E-state index in [2.05, 4.69) is 36.6 Å². The van der Waals surface area contributed by atoms with E-state index >= 15 is 0 Å². The number of alkyl halides is 1. The number of thioether (sulfide) groups is 1. The molecule has 4 atom stereocenters. The quantitative estimate of drug-likeness (QED) is 0.623. The molecule has 0 aromatic rings. The van der Waals surface area contributed by atoms with Crippen molar-refractivity contribution in [3.63, 3.8) is 0 Å². The van der Waals surface area contributed by atoms with Crippen molar-refractivity contribution in [1.29, 1.82) is 0 Å². The summed E-state index contributed by atoms with van der Waals surface area (Å²) in [6.45, 7) is 4.37. The van der Waals surface area contributed by atoms with E-state index in [0.717, 1.165) is 32.1 Å². The Hall–Kier alpha value is -0.910. The van der Waals surface area contributed by atoms with Gasteiger partial charge in [0.2, 0.25) is 0 Å². The van der Waals surface area contributed by atoms with Gasteiger partial charge in [0.05, 0.1) is 27.9 Å². The molecule has 142 valence electrons. The van der Waals surface area contributed by atoms with Crippen LogP contribution in [0.25, 0.3) is 0 Å². The Balaban J connectivity index is 1.56. The summed E-state index contributed by atoms with van der Waals surface area (Å²) in [5.41, 5.74) is 1.23. The molecule has 1 spiro atoms. The summed E-state index contributed by atoms with van der Waals surface area (Å²) in [7, 11) is 0. The highest BCUT2D eigenvalue weighted by molar-refractivity contribution is 8.01. The number of rotatable bonds is 2. The van der Waals surface area contributed by atoms with Crippen molar-refractivity contribution in [2.75, 3.05) is 0 Å². The number of aliphatic hydroxyl groups excluding tert-OH is 1. The highest BCUT2D eigenvalue weighted by atomic mass is 35.5. The Labute approximate surface area is 164 Å². The Morgan fingerprint density at radius 2 is 2.04 bits per heavy atom. The Kier molecular flexibility index (Phi) is 4.91. The molecule has 4 rings (SSSR count). The molecule has 2 fully saturated rings. The molecule has 0 aromatic heterocycles. The zero-order valence-corrected chi connectivity index (χ0v) is 16.9. The highest BCUT2D eigenvalue weighted by Gasteiger charge is 2.51. The number of amides is 1. The van der Waals surface area contributed by atoms with Crippen LogP contribution in [-0.4, -0.2) is 38.6 Å². The van der Waals surface area contributed by atoms with Gasteiger partial charge in [-0.3, -0.25) is 10.1 Å². The molecule has 4 unspecified atom stereocenters. The summed E-state index contributed by atoms with van der Waals surface area (Å²) in [6, 6.07) is -0.133. The average Bonchev–Trinajstić information content (AvgIpc) is 3.09. The third-order valence-electron chi connectivity index (χ3n) is 6.27. The number of nitrogens with one attached hydrogen (secondary N) is 2. The summed E-state index contributed by atoms with van der Waals surface area (Å²) in [6.07, 6.45) is 10.9. The molecule has 2 aliphatic carbocycles. The predicted octanol–water partition coefficient (Wildman–Crippen LogP) is 3.79. The minimum atomic E-state index is -0.529. The van der Waals surface area contributed by atoms with E-state index in [-0.39, 0.29) is 33.7 Å². The molecule has 1 saturated heterocycles. The fraction of sp³-hybridized carbons (Fsp3) is 0.650. The molecule has 4 nitrogen and oxygen atoms in total. The normalized spacial score (nSPS) is 43.1. The van der Waals surface area contributed by atoms with Gasteiger partial charge in [-0.25, -0.2) is 0 Å². The van der Waals surface area contributed by atoms with Crippen LogP contribution in [0.3, 0.4) is 0 Å². The van der Waals surface area contributed by atoms with Gasteiger partial charge in [0, 0.05) is 5.25 Å². The lowest BCUT2D eigenvalue weighted by atomic mass is 9.76. The largest absolute Gasteiger partial charge is 0.509 e. The van der Waals surface area contributed by atoms with Gasteiger partial charge < -0.3 is 10.4 Å². The summed E-state index contributed by atoms with van der Waals surface area (Å²) in [4.78, 5) is 12.8. The second-order valence-electron chi connectivity index (χ2n) is 8.16. The van der Waals surface area contributed by atoms with Crippen LogP contribution in [0.5, 0.6) is 0 Å². The molecular weight excluding hydrogens is 368 g/mol. The standard InChI is InChI=1S/C20H27ClN2O2S/c1-11-7-9-20(10-8-11)17(24)15(18(25)23-20)16-12(2)26-19(22-16)13-3-5-14(21)6-4-13/h3-5,11-12,14,16,19,22,24H,6-10H2,1-2H3,(H,23,25). The van der Waals surface area contributed by atoms with Crippen molar-refractivity contribution in [1.82, 2.24) is 10.6 Å². The van der Waals surface area contributed by atoms with Crippen LogP contribution >= 0.6 is 23.4 Å². The molecule has 0 radical (unpaired) electrons. The molecule has 6 heteroatoms. The van der Waals surface area contributed by atoms with E-state index in [9.17, 15) is 9.90 Å². The average molecular weight is 395 g/mol. The first kappa shape index (κ1) is 18.5. The van der Waals surface area contributed by atoms with E-state index in [1.54, 1.807) is 0 Å². The number of hydrogen-bond donors (Lipinski definition) is 3. The SMILES string of the molecule is CC1CCC2(CC1)NC(=O)C(C1NC(C3=CCC(Cl)C=C3)SC1C)=C2O. The number of aliphatic hydroxyl groups is 1. The molecule has 26 heavy (non-hydrogen) atoms. The fourth-order valence-corrected chi connectivity index (χ4v) is 6.06. The van der Waals surface area contributed by atoms with E-state index in [1.807, 2.05) is 17.8 Å². The molecule has 2 aliphatic heterocycles. The van der Waals surface area contributed by atoms with Crippen molar-refractivity contribution in [3.8, 4) is 0 Å². The van der Waals surface area contributed by atoms with Gasteiger partial charge in [-0.15, -0.1) is 23.4 Å². The molecule has 3 N–H and O–H groups in total. The maximum Gasteiger partial charge on any atom is 0.253 e. The molecule has 4 aliphatic rings. The summed E-state index contributed by atoms with van der Waals surface area (Å²) in [5.74, 6) is 0.847. The van der Waals surface area contributed by atoms with Crippen molar-refractivity contribution in [2.45, 2.75) is 73.5 Å². The second kappa shape index (κ2) is 6.92. The monoisotopic (exact) mass is 394 g/mol. The fourth-order valence-electron chi connectivity index (χ4n) is 4.54. The number of halogens is 1. The van der Waals surface area contributed by atoms with Crippen molar-refractivity contribution >= 4 is 29.3 Å². The summed E-state index contributed by atoms with van der Waals surface area (Å²) < 4.78 is 0. The number of carbonyl (C=O) groups is 1. The molecular formula is C20H27ClN2O2S. The van der Waals surface area contributed by atoms with E-state index in [0.29, 0.717) is 11.5 Å². The minimum Gasteiger partial charge on any atom is -0.509 e. The van der Waals surface area contributed by atoms with Crippen molar-refractivity contribution in [3.05, 3.63) is 35.1 Å². The molecule has 1 amide bonds. The first-order valence-corrected chi connectivity index (χ1v) is 11.0. The highest BCUT2D eigenvalue weighted by Crippen LogP contribution is 2.44. The molecule has 2 heterocycles. The van der Waals surface area contributed by atoms with E-state index in [1.165, 1.54) is 5.57 Å². The summed E-state index contributed by atoms with van der Waals surface area (Å²) >= 11 is 7.94. The first-order valence-electron chi connectivity index (χ1n) is 9.59. The molecule has 0 aromatic carbocycles. The van der Waals surface area contributed by atoms with Gasteiger partial charge in [-0.05, 0) is 43.6 Å². The Morgan fingerprint density at radius 3 is 2.69 bits per heavy atom. The predicted molar refractivity (Wildman–Crippen MR) is 107 cm³/mol. The first-order chi connectivity index (χ1) is 12.4. The van der Waals surface area contributed by atoms with Gasteiger partial charge in [-0.1, -0.05) is 32.1 Å². The van der Waals surface area contributed by atoms with Crippen LogP contribution in [0.15, 0.2) is 35.1 Å². The van der Waals surface area contributed by atoms with E-state index < -0.39 is 5.54 Å². The smallest absolute Gasteiger partial charge is 0.253 e. The summed E-state index contributed by atoms with van der Waals surface area (Å²) in [5, 5.41) is 18.2. The van der Waals surface area contributed by atoms with E-state index in [4.69, 9.17) is 11.6 Å². The van der Waals surface area contributed by atoms with Crippen LogP contribution in [-0.2, 0) is 4.79 Å². The lowest BCUT2D eigenvalue weighted by molar-refractivity contribution is -0.118. The molecule has 0 bridgehead atoms. The van der Waals surface area contributed by atoms with Gasteiger partial charge in [0.1, 0.15) is 5.76 Å². The van der Waals surface area contributed by atoms with Crippen LogP contribution in [0.4, 0.5) is 0 Å². The van der Waals surface area contributed by atoms with Gasteiger partial charge in [0.15, 0.2) is 0 Å². The number of hydrogen-bond acceptors (Lipinski definition) is 4. The minimum absolute atomic E-state index is 0.0688. The van der Waals surface area contributed by atoms with Gasteiger partial charge in [-0.2, -0.15) is 0 Å². The maximum atomic E-state index is 12.8. The maximum absolute atomic E-state index is 12.8. The Bertz CT molecular complexity index is 694. The van der Waals surface area contributed by atoms with Crippen molar-refractivity contribution < 1.29 is 9.90 Å². The lowest BCUT2D eigenvalue weighted by Crippen LogP contribution is -2.47. The topological polar surface area (TPSA) is 61.4 Å². The third-order valence-corrected chi connectivity index (χ3v) is 7.98. The number of allylic oxidation sites excluding steroid dienone is 2. The Morgan fingerprint density at radius 1 is 1.31 bits per heavy atom. The van der Waals surface area contributed by atoms with Crippen LogP contribution in [0.2, 0.25) is 0 Å². The van der Waals surface area contributed by atoms with Crippen LogP contribution < -0.4 is 10.6 Å². The van der Waals surface area contributed by atoms with Gasteiger partial charge >= 0.3 is 0 Å². The van der Waals surface area contributed by atoms with Crippen LogP contribution in [0.1, 0.15) is 46.0 Å². The molecule has 1 saturated carbocycles. The second-order valence-corrected chi connectivity index (χ2v) is 10.2. The van der Waals surface area contributed by atoms with Crippen molar-refractivity contribution in [2.24, 2.45) is 5.92 Å². The zero-order chi connectivity index (χ0) is 18.5. The lowest BCUT2D eigenvalue weighted by Gasteiger charge is -2.36. The van der Waals surface area contributed by atoms with Crippen LogP contribution in [0, 0.1) is 5.92 Å². The third kappa shape index (κ3) is 3.12. The number of carbonyl (C=O) groups excluding carboxylic acids is 1.